The summed E-state index contributed by atoms with van der Waals surface area (Å²) < 4.78 is 35.6. The van der Waals surface area contributed by atoms with Gasteiger partial charge in [0, 0.05) is 17.2 Å². The molecule has 2 aliphatic rings. The van der Waals surface area contributed by atoms with Gasteiger partial charge >= 0.3 is 0 Å². The van der Waals surface area contributed by atoms with Crippen LogP contribution >= 0.6 is 0 Å². The van der Waals surface area contributed by atoms with E-state index >= 15 is 0 Å². The number of nitrogens with one attached hydrogen (secondary N) is 2. The van der Waals surface area contributed by atoms with Gasteiger partial charge in [0.1, 0.15) is 6.61 Å². The fraction of sp³-hybridized carbons (Fsp3) is 0.414. The molecule has 8 nitrogen and oxygen atoms in total. The Balaban J connectivity index is 1.60. The van der Waals surface area contributed by atoms with Crippen molar-refractivity contribution in [3.8, 4) is 17.1 Å². The zero-order valence-electron chi connectivity index (χ0n) is 22.1. The lowest BCUT2D eigenvalue weighted by atomic mass is 9.85. The Morgan fingerprint density at radius 2 is 1.68 bits per heavy atom. The van der Waals surface area contributed by atoms with Gasteiger partial charge < -0.3 is 10.1 Å². The molecule has 1 aliphatic carbocycles. The molecular weight excluding hydrogens is 500 g/mol. The largest absolute Gasteiger partial charge is 0.475 e. The van der Waals surface area contributed by atoms with Crippen molar-refractivity contribution in [2.45, 2.75) is 70.2 Å². The molecular formula is C29H34N4O4S. The molecule has 0 unspecified atom stereocenters. The molecule has 5 rings (SSSR count). The predicted molar refractivity (Wildman–Crippen MR) is 147 cm³/mol. The summed E-state index contributed by atoms with van der Waals surface area (Å²) in [6.45, 7) is 5.89. The number of carbonyl (C=O) groups is 1. The monoisotopic (exact) mass is 534 g/mol. The first-order valence-corrected chi connectivity index (χ1v) is 14.7. The van der Waals surface area contributed by atoms with E-state index < -0.39 is 10.0 Å². The number of nitrogens with zero attached hydrogens (tertiary/aromatic N) is 2. The Morgan fingerprint density at radius 3 is 2.42 bits per heavy atom. The van der Waals surface area contributed by atoms with Crippen LogP contribution in [-0.2, 0) is 10.0 Å². The van der Waals surface area contributed by atoms with E-state index in [0.717, 1.165) is 36.0 Å². The van der Waals surface area contributed by atoms with E-state index in [0.29, 0.717) is 17.2 Å². The molecule has 2 N–H and O–H groups in total. The van der Waals surface area contributed by atoms with Gasteiger partial charge in [0.2, 0.25) is 11.8 Å². The van der Waals surface area contributed by atoms with E-state index in [-0.39, 0.29) is 40.8 Å². The van der Waals surface area contributed by atoms with Crippen molar-refractivity contribution in [2.75, 3.05) is 11.3 Å². The highest BCUT2D eigenvalue weighted by Gasteiger charge is 2.26. The number of aryl methyl sites for hydroxylation is 3. The second kappa shape index (κ2) is 10.7. The Bertz CT molecular complexity index is 1450. The van der Waals surface area contributed by atoms with Crippen molar-refractivity contribution >= 4 is 21.9 Å². The topological polar surface area (TPSA) is 110 Å². The number of hydrogen-bond acceptors (Lipinski definition) is 6. The van der Waals surface area contributed by atoms with Crippen molar-refractivity contribution < 1.29 is 17.9 Å². The first-order valence-electron chi connectivity index (χ1n) is 13.2. The molecule has 0 radical (unpaired) electrons. The Hall–Kier alpha value is -3.46. The van der Waals surface area contributed by atoms with Crippen LogP contribution in [-0.4, -0.2) is 36.9 Å². The number of fused-ring (bicyclic) bond motifs is 4. The summed E-state index contributed by atoms with van der Waals surface area (Å²) in [4.78, 5) is 22.2. The van der Waals surface area contributed by atoms with Crippen molar-refractivity contribution in [1.29, 1.82) is 0 Å². The van der Waals surface area contributed by atoms with Gasteiger partial charge in [0.25, 0.3) is 15.9 Å². The van der Waals surface area contributed by atoms with Crippen molar-refractivity contribution in [2.24, 2.45) is 5.92 Å². The van der Waals surface area contributed by atoms with Gasteiger partial charge in [-0.3, -0.25) is 4.79 Å². The maximum Gasteiger partial charge on any atom is 0.264 e. The van der Waals surface area contributed by atoms with Crippen LogP contribution in [0.1, 0.15) is 65.6 Å². The predicted octanol–water partition coefficient (Wildman–Crippen LogP) is 5.33. The summed E-state index contributed by atoms with van der Waals surface area (Å²) in [6.07, 6.45) is 6.72. The van der Waals surface area contributed by atoms with E-state index in [2.05, 4.69) is 20.0 Å². The molecule has 9 heteroatoms. The van der Waals surface area contributed by atoms with Crippen molar-refractivity contribution in [3.63, 3.8) is 0 Å². The molecule has 2 aromatic carbocycles. The van der Waals surface area contributed by atoms with E-state index in [4.69, 9.17) is 4.74 Å². The minimum atomic E-state index is -4.08. The van der Waals surface area contributed by atoms with Crippen molar-refractivity contribution in [1.82, 2.24) is 15.3 Å². The maximum absolute atomic E-state index is 13.4. The molecule has 1 atom stereocenters. The van der Waals surface area contributed by atoms with Gasteiger partial charge in [-0.15, -0.1) is 0 Å². The lowest BCUT2D eigenvalue weighted by Crippen LogP contribution is -2.40. The number of sulfonamides is 1. The number of benzene rings is 2. The highest BCUT2D eigenvalue weighted by atomic mass is 32.2. The lowest BCUT2D eigenvalue weighted by Gasteiger charge is -2.27. The molecule has 0 saturated heterocycles. The average Bonchev–Trinajstić information content (AvgIpc) is 2.87. The molecule has 200 valence electrons. The molecule has 1 fully saturated rings. The van der Waals surface area contributed by atoms with E-state index in [1.165, 1.54) is 25.3 Å². The zero-order chi connectivity index (χ0) is 26.9. The minimum absolute atomic E-state index is 0.0109. The summed E-state index contributed by atoms with van der Waals surface area (Å²) >= 11 is 0. The van der Waals surface area contributed by atoms with Crippen LogP contribution in [0.25, 0.3) is 11.3 Å². The van der Waals surface area contributed by atoms with Crippen LogP contribution in [0, 0.1) is 26.7 Å². The van der Waals surface area contributed by atoms with Gasteiger partial charge in [0.15, 0.2) is 0 Å². The molecule has 38 heavy (non-hydrogen) atoms. The van der Waals surface area contributed by atoms with Gasteiger partial charge in [-0.1, -0.05) is 56.4 Å². The third-order valence-electron chi connectivity index (χ3n) is 7.52. The lowest BCUT2D eigenvalue weighted by molar-refractivity contribution is 0.0907. The molecule has 4 bridgehead atoms. The number of amides is 1. The Kier molecular flexibility index (Phi) is 7.38. The molecule has 1 saturated carbocycles. The quantitative estimate of drug-likeness (QED) is 0.470. The van der Waals surface area contributed by atoms with Crippen LogP contribution in [0.5, 0.6) is 5.88 Å². The first-order chi connectivity index (χ1) is 18.2. The Morgan fingerprint density at radius 1 is 0.947 bits per heavy atom. The number of ether oxygens (including phenoxy) is 1. The number of carbonyl (C=O) groups excluding carboxylic acids is 1. The fourth-order valence-electron chi connectivity index (χ4n) is 5.55. The molecule has 2 heterocycles. The van der Waals surface area contributed by atoms with Crippen LogP contribution in [0.15, 0.2) is 47.4 Å². The summed E-state index contributed by atoms with van der Waals surface area (Å²) in [5.74, 6) is 0.363. The smallest absolute Gasteiger partial charge is 0.264 e. The second-order valence-corrected chi connectivity index (χ2v) is 12.1. The molecule has 1 amide bonds. The number of anilines is 1. The Labute approximate surface area is 224 Å². The SMILES string of the molecule is Cc1ccc2cc1S(=O)(=O)Nc1nc(cc(-c3c(C)cccc3C)n1)OC[C@@H](CC1CCCCC1)NC2=O. The van der Waals surface area contributed by atoms with Crippen molar-refractivity contribution in [3.05, 3.63) is 64.7 Å². The van der Waals surface area contributed by atoms with Gasteiger partial charge in [-0.2, -0.15) is 4.98 Å². The first kappa shape index (κ1) is 26.2. The maximum atomic E-state index is 13.4. The molecule has 1 aromatic heterocycles. The van der Waals surface area contributed by atoms with Gasteiger partial charge in [-0.05, 0) is 61.9 Å². The number of rotatable bonds is 3. The summed E-state index contributed by atoms with van der Waals surface area (Å²) in [5.41, 5.74) is 4.28. The van der Waals surface area contributed by atoms with Crippen LogP contribution in [0.3, 0.4) is 0 Å². The molecule has 0 spiro atoms. The van der Waals surface area contributed by atoms with E-state index in [9.17, 15) is 13.2 Å². The summed E-state index contributed by atoms with van der Waals surface area (Å²) in [5, 5.41) is 3.11. The third kappa shape index (κ3) is 5.67. The third-order valence-corrected chi connectivity index (χ3v) is 8.99. The highest BCUT2D eigenvalue weighted by Crippen LogP contribution is 2.31. The van der Waals surface area contributed by atoms with Crippen LogP contribution in [0.2, 0.25) is 0 Å². The van der Waals surface area contributed by atoms with Gasteiger partial charge in [0.05, 0.1) is 16.6 Å². The van der Waals surface area contributed by atoms with Crippen LogP contribution < -0.4 is 14.8 Å². The molecule has 1 aliphatic heterocycles. The molecule has 3 aromatic rings. The van der Waals surface area contributed by atoms with Gasteiger partial charge in [-0.25, -0.2) is 18.1 Å². The summed E-state index contributed by atoms with van der Waals surface area (Å²) in [7, 11) is -4.08. The van der Waals surface area contributed by atoms with Crippen LogP contribution in [0.4, 0.5) is 5.95 Å². The fourth-order valence-corrected chi connectivity index (χ4v) is 6.76. The van der Waals surface area contributed by atoms with E-state index in [1.807, 2.05) is 32.0 Å². The van der Waals surface area contributed by atoms with E-state index in [1.54, 1.807) is 25.1 Å². The standard InChI is InChI=1S/C29H34N4O4S/c1-18-12-13-22-15-25(18)38(35,36)33-29-31-24(27-19(2)8-7-9-20(27)3)16-26(32-29)37-17-23(30-28(22)34)14-21-10-5-4-6-11-21/h7-9,12-13,15-16,21,23H,4-6,10-11,14,17H2,1-3H3,(H,30,34)(H,31,32,33)/t23-/m1/s1. The minimum Gasteiger partial charge on any atom is -0.475 e. The normalized spacial score (nSPS) is 19.7. The number of hydrogen-bond donors (Lipinski definition) is 2. The number of aromatic nitrogens is 2. The average molecular weight is 535 g/mol. The second-order valence-electron chi connectivity index (χ2n) is 10.5. The summed E-state index contributed by atoms with van der Waals surface area (Å²) in [6, 6.07) is 12.1. The zero-order valence-corrected chi connectivity index (χ0v) is 22.9. The highest BCUT2D eigenvalue weighted by molar-refractivity contribution is 7.92.